The molecule has 8 heteroatoms. The second-order valence-corrected chi connectivity index (χ2v) is 7.80. The standard InChI is InChI=1S/C23H26N4O4/c1-16-13-18(20-7-8-24-14-17(20)2)3-4-19(16)15-25-9-11-26(12-10-25)23(30)31-27-21(28)5-6-22(27)29/h3-8,13-14,28-29H,9-12,15H2,1-2H3. The van der Waals surface area contributed by atoms with Crippen LogP contribution in [0.3, 0.4) is 0 Å². The summed E-state index contributed by atoms with van der Waals surface area (Å²) in [7, 11) is 0. The average molecular weight is 422 g/mol. The lowest BCUT2D eigenvalue weighted by molar-refractivity contribution is 0.0555. The molecule has 31 heavy (non-hydrogen) atoms. The zero-order valence-electron chi connectivity index (χ0n) is 17.7. The molecule has 2 aromatic heterocycles. The van der Waals surface area contributed by atoms with E-state index in [2.05, 4.69) is 41.9 Å². The maximum absolute atomic E-state index is 12.3. The highest BCUT2D eigenvalue weighted by molar-refractivity contribution is 5.68. The van der Waals surface area contributed by atoms with E-state index in [1.807, 2.05) is 18.5 Å². The Morgan fingerprint density at radius 2 is 1.71 bits per heavy atom. The quantitative estimate of drug-likeness (QED) is 0.672. The van der Waals surface area contributed by atoms with Crippen molar-refractivity contribution < 1.29 is 19.8 Å². The van der Waals surface area contributed by atoms with Gasteiger partial charge in [0, 0.05) is 57.3 Å². The summed E-state index contributed by atoms with van der Waals surface area (Å²) in [4.78, 5) is 25.4. The van der Waals surface area contributed by atoms with Crippen molar-refractivity contribution in [3.05, 3.63) is 65.5 Å². The van der Waals surface area contributed by atoms with E-state index in [0.29, 0.717) is 30.9 Å². The average Bonchev–Trinajstić information content (AvgIpc) is 3.08. The van der Waals surface area contributed by atoms with Crippen LogP contribution in [0.25, 0.3) is 11.1 Å². The number of amides is 1. The fourth-order valence-corrected chi connectivity index (χ4v) is 3.80. The Kier molecular flexibility index (Phi) is 5.81. The molecule has 0 saturated carbocycles. The molecule has 162 valence electrons. The van der Waals surface area contributed by atoms with Crippen LogP contribution < -0.4 is 4.84 Å². The summed E-state index contributed by atoms with van der Waals surface area (Å²) in [6, 6.07) is 11.1. The second-order valence-electron chi connectivity index (χ2n) is 7.80. The van der Waals surface area contributed by atoms with Crippen LogP contribution in [0.1, 0.15) is 16.7 Å². The highest BCUT2D eigenvalue weighted by Crippen LogP contribution is 2.25. The fourth-order valence-electron chi connectivity index (χ4n) is 3.80. The van der Waals surface area contributed by atoms with E-state index in [-0.39, 0.29) is 11.8 Å². The van der Waals surface area contributed by atoms with Gasteiger partial charge in [0.25, 0.3) is 0 Å². The van der Waals surface area contributed by atoms with Crippen LogP contribution in [0.2, 0.25) is 0 Å². The normalized spacial score (nSPS) is 14.6. The fraction of sp³-hybridized carbons (Fsp3) is 0.304. The number of benzene rings is 1. The lowest BCUT2D eigenvalue weighted by Crippen LogP contribution is -2.50. The molecule has 0 unspecified atom stereocenters. The van der Waals surface area contributed by atoms with Crippen molar-refractivity contribution in [2.75, 3.05) is 26.2 Å². The van der Waals surface area contributed by atoms with Crippen LogP contribution in [0.15, 0.2) is 48.8 Å². The number of pyridine rings is 1. The molecular weight excluding hydrogens is 396 g/mol. The van der Waals surface area contributed by atoms with E-state index >= 15 is 0 Å². The number of hydrogen-bond acceptors (Lipinski definition) is 6. The number of nitrogens with zero attached hydrogens (tertiary/aromatic N) is 4. The lowest BCUT2D eigenvalue weighted by atomic mass is 9.98. The zero-order chi connectivity index (χ0) is 22.0. The smallest absolute Gasteiger partial charge is 0.434 e. The van der Waals surface area contributed by atoms with Crippen LogP contribution in [0.5, 0.6) is 11.8 Å². The predicted molar refractivity (Wildman–Crippen MR) is 116 cm³/mol. The number of rotatable bonds is 4. The summed E-state index contributed by atoms with van der Waals surface area (Å²) in [6.45, 7) is 7.44. The van der Waals surface area contributed by atoms with Gasteiger partial charge in [-0.15, -0.1) is 4.73 Å². The summed E-state index contributed by atoms with van der Waals surface area (Å²) in [5.74, 6) is -0.657. The molecule has 3 aromatic rings. The van der Waals surface area contributed by atoms with E-state index in [9.17, 15) is 15.0 Å². The second kappa shape index (κ2) is 8.69. The molecule has 1 aromatic carbocycles. The summed E-state index contributed by atoms with van der Waals surface area (Å²) in [5.41, 5.74) is 6.02. The van der Waals surface area contributed by atoms with Gasteiger partial charge in [0.05, 0.1) is 0 Å². The van der Waals surface area contributed by atoms with E-state index in [1.54, 1.807) is 4.90 Å². The largest absolute Gasteiger partial charge is 0.492 e. The Bertz CT molecular complexity index is 1070. The van der Waals surface area contributed by atoms with E-state index in [4.69, 9.17) is 4.84 Å². The first-order chi connectivity index (χ1) is 14.9. The van der Waals surface area contributed by atoms with Crippen molar-refractivity contribution in [2.24, 2.45) is 0 Å². The third-order valence-electron chi connectivity index (χ3n) is 5.67. The molecule has 0 aliphatic carbocycles. The first kappa shape index (κ1) is 20.7. The van der Waals surface area contributed by atoms with Gasteiger partial charge in [-0.3, -0.25) is 9.88 Å². The molecule has 0 atom stereocenters. The SMILES string of the molecule is Cc1cc(-c2ccncc2C)ccc1CN1CCN(C(=O)On2c(O)ccc2O)CC1. The molecule has 0 bridgehead atoms. The van der Waals surface area contributed by atoms with Crippen molar-refractivity contribution in [2.45, 2.75) is 20.4 Å². The maximum atomic E-state index is 12.3. The number of aromatic nitrogens is 2. The van der Waals surface area contributed by atoms with Crippen molar-refractivity contribution >= 4 is 6.09 Å². The summed E-state index contributed by atoms with van der Waals surface area (Å²) < 4.78 is 0.712. The minimum absolute atomic E-state index is 0.328. The number of hydrogen-bond donors (Lipinski definition) is 2. The summed E-state index contributed by atoms with van der Waals surface area (Å²) in [6.07, 6.45) is 3.09. The molecule has 1 saturated heterocycles. The van der Waals surface area contributed by atoms with Gasteiger partial charge in [-0.25, -0.2) is 4.79 Å². The van der Waals surface area contributed by atoms with Crippen molar-refractivity contribution in [1.29, 1.82) is 0 Å². The third kappa shape index (κ3) is 4.49. The molecule has 0 spiro atoms. The number of carbonyl (C=O) groups excluding carboxylic acids is 1. The number of aryl methyl sites for hydroxylation is 2. The van der Waals surface area contributed by atoms with Gasteiger partial charge in [-0.2, -0.15) is 0 Å². The zero-order valence-corrected chi connectivity index (χ0v) is 17.7. The minimum atomic E-state index is -0.602. The Labute approximate surface area is 180 Å². The van der Waals surface area contributed by atoms with Crippen molar-refractivity contribution in [1.82, 2.24) is 19.5 Å². The van der Waals surface area contributed by atoms with Crippen LogP contribution in [-0.4, -0.2) is 62.0 Å². The van der Waals surface area contributed by atoms with E-state index < -0.39 is 6.09 Å². The Morgan fingerprint density at radius 1 is 1.00 bits per heavy atom. The molecule has 0 radical (unpaired) electrons. The number of aromatic hydroxyl groups is 2. The summed E-state index contributed by atoms with van der Waals surface area (Å²) >= 11 is 0. The van der Waals surface area contributed by atoms with Gasteiger partial charge in [0.2, 0.25) is 11.8 Å². The lowest BCUT2D eigenvalue weighted by Gasteiger charge is -2.34. The maximum Gasteiger partial charge on any atom is 0.434 e. The van der Waals surface area contributed by atoms with Gasteiger partial charge in [0.1, 0.15) is 0 Å². The molecule has 8 nitrogen and oxygen atoms in total. The molecule has 1 fully saturated rings. The van der Waals surface area contributed by atoms with Gasteiger partial charge in [0.15, 0.2) is 0 Å². The van der Waals surface area contributed by atoms with Gasteiger partial charge >= 0.3 is 6.09 Å². The molecule has 3 heterocycles. The molecule has 2 N–H and O–H groups in total. The Balaban J connectivity index is 1.35. The molecule has 1 amide bonds. The topological polar surface area (TPSA) is 91.1 Å². The first-order valence-corrected chi connectivity index (χ1v) is 10.2. The van der Waals surface area contributed by atoms with E-state index in [1.165, 1.54) is 34.4 Å². The third-order valence-corrected chi connectivity index (χ3v) is 5.67. The van der Waals surface area contributed by atoms with Crippen LogP contribution in [0, 0.1) is 13.8 Å². The number of piperazine rings is 1. The highest BCUT2D eigenvalue weighted by Gasteiger charge is 2.24. The van der Waals surface area contributed by atoms with E-state index in [0.717, 1.165) is 12.1 Å². The Hall–Kier alpha value is -3.52. The van der Waals surface area contributed by atoms with Crippen LogP contribution in [0.4, 0.5) is 4.79 Å². The van der Waals surface area contributed by atoms with Crippen LogP contribution >= 0.6 is 0 Å². The highest BCUT2D eigenvalue weighted by atomic mass is 16.7. The molecular formula is C23H26N4O4. The molecule has 1 aliphatic rings. The first-order valence-electron chi connectivity index (χ1n) is 10.2. The van der Waals surface area contributed by atoms with Crippen LogP contribution in [-0.2, 0) is 6.54 Å². The monoisotopic (exact) mass is 422 g/mol. The van der Waals surface area contributed by atoms with Gasteiger partial charge in [-0.05, 0) is 47.7 Å². The van der Waals surface area contributed by atoms with Gasteiger partial charge in [-0.1, -0.05) is 18.2 Å². The van der Waals surface area contributed by atoms with Crippen molar-refractivity contribution in [3.8, 4) is 22.9 Å². The van der Waals surface area contributed by atoms with Gasteiger partial charge < -0.3 is 20.0 Å². The molecule has 1 aliphatic heterocycles. The van der Waals surface area contributed by atoms with Crippen molar-refractivity contribution in [3.63, 3.8) is 0 Å². The Morgan fingerprint density at radius 3 is 2.35 bits per heavy atom. The minimum Gasteiger partial charge on any atom is -0.492 e. The summed E-state index contributed by atoms with van der Waals surface area (Å²) in [5, 5.41) is 19.2. The predicted octanol–water partition coefficient (Wildman–Crippen LogP) is 2.94. The number of carbonyl (C=O) groups is 1. The molecule has 4 rings (SSSR count).